The van der Waals surface area contributed by atoms with Crippen molar-refractivity contribution in [2.75, 3.05) is 0 Å². The van der Waals surface area contributed by atoms with E-state index >= 15 is 0 Å². The van der Waals surface area contributed by atoms with Crippen molar-refractivity contribution in [1.82, 2.24) is 4.98 Å². The molecule has 0 aromatic carbocycles. The Bertz CT molecular complexity index is 488. The fraction of sp³-hybridized carbons (Fsp3) is 0.412. The molecule has 0 saturated heterocycles. The average Bonchev–Trinajstić information content (AvgIpc) is 2.73. The van der Waals surface area contributed by atoms with Crippen LogP contribution in [0.5, 0.6) is 0 Å². The van der Waals surface area contributed by atoms with Gasteiger partial charge in [0.25, 0.3) is 0 Å². The van der Waals surface area contributed by atoms with Crippen LogP contribution in [-0.4, -0.2) is 39.0 Å². The van der Waals surface area contributed by atoms with Crippen LogP contribution < -0.4 is 0 Å². The zero-order valence-corrected chi connectivity index (χ0v) is 17.7. The predicted octanol–water partition coefficient (Wildman–Crippen LogP) is 3.48. The number of aliphatic hydroxyl groups excluding tert-OH is 1. The molecule has 1 aromatic heterocycles. The molecule has 1 rings (SSSR count). The average molecular weight is 439 g/mol. The summed E-state index contributed by atoms with van der Waals surface area (Å²) in [6, 6.07) is 5.72. The number of aromatic nitrogens is 1. The van der Waals surface area contributed by atoms with Gasteiger partial charge in [-0.25, -0.2) is 0 Å². The molecule has 0 aliphatic heterocycles. The molecule has 10 nitrogen and oxygen atoms in total. The minimum absolute atomic E-state index is 0. The summed E-state index contributed by atoms with van der Waals surface area (Å²) in [6.07, 6.45) is 4.98. The predicted molar refractivity (Wildman–Crippen MR) is 112 cm³/mol. The van der Waals surface area contributed by atoms with E-state index in [1.54, 1.807) is 25.7 Å². The van der Waals surface area contributed by atoms with E-state index in [0.29, 0.717) is 0 Å². The van der Waals surface area contributed by atoms with Crippen LogP contribution in [0.3, 0.4) is 0 Å². The quantitative estimate of drug-likeness (QED) is 0.428. The van der Waals surface area contributed by atoms with Gasteiger partial charge in [-0.3, -0.25) is 4.98 Å². The van der Waals surface area contributed by atoms with Gasteiger partial charge in [0.05, 0.1) is 0 Å². The summed E-state index contributed by atoms with van der Waals surface area (Å²) in [5, 5.41) is 56.7. The summed E-state index contributed by atoms with van der Waals surface area (Å²) in [4.78, 5) is 3.78. The first-order valence-electron chi connectivity index (χ1n) is 7.72. The Balaban J connectivity index is -0.000000138. The molecule has 0 unspecified atom stereocenters. The number of pyridine rings is 1. The monoisotopic (exact) mass is 439 g/mol. The van der Waals surface area contributed by atoms with Crippen molar-refractivity contribution in [1.29, 1.82) is 0 Å². The van der Waals surface area contributed by atoms with Gasteiger partial charge >= 0.3 is 0 Å². The Hall–Kier alpha value is -2.50. The van der Waals surface area contributed by atoms with Crippen LogP contribution in [0.2, 0.25) is 0 Å². The standard InChI is InChI=1S/C5H5N.2C4H8N2O2.C4H9O.Co/c1-2-4-6-5-3-1;2*1-3(5-7)4(2)6-8;1-3-4(2)5;/h1-5H;2*7-8H,1-2H3;3-5H,1-2H3;/q;;;-1;/p-4/b;2*5-3+,6-4+;;/t;;;4-;/m...1./s1. The molecule has 0 aliphatic rings. The van der Waals surface area contributed by atoms with Crippen LogP contribution in [-0.2, 0) is 16.8 Å². The molecule has 0 saturated carbocycles. The van der Waals surface area contributed by atoms with Crippen LogP contribution >= 0.6 is 0 Å². The number of aliphatic hydroxyl groups is 1. The second-order valence-corrected chi connectivity index (χ2v) is 4.81. The van der Waals surface area contributed by atoms with E-state index in [1.165, 1.54) is 27.7 Å². The van der Waals surface area contributed by atoms with Gasteiger partial charge in [-0.15, -0.1) is 0 Å². The van der Waals surface area contributed by atoms with Crippen molar-refractivity contribution in [3.8, 4) is 0 Å². The zero-order valence-electron chi connectivity index (χ0n) is 16.7. The summed E-state index contributed by atoms with van der Waals surface area (Å²) in [5.41, 5.74) is 0.556. The molecule has 28 heavy (non-hydrogen) atoms. The van der Waals surface area contributed by atoms with Crippen molar-refractivity contribution in [2.24, 2.45) is 20.6 Å². The van der Waals surface area contributed by atoms with Gasteiger partial charge < -0.3 is 53.0 Å². The molecule has 0 aliphatic carbocycles. The van der Waals surface area contributed by atoms with E-state index in [1.807, 2.05) is 25.1 Å². The Labute approximate surface area is 176 Å². The minimum Gasteiger partial charge on any atom is -0.792 e. The first-order chi connectivity index (χ1) is 12.7. The van der Waals surface area contributed by atoms with Crippen molar-refractivity contribution in [3.63, 3.8) is 0 Å². The molecular weight excluding hydrogens is 413 g/mol. The van der Waals surface area contributed by atoms with Crippen molar-refractivity contribution < 1.29 is 21.9 Å². The second kappa shape index (κ2) is 24.5. The molecule has 1 aromatic rings. The van der Waals surface area contributed by atoms with Crippen LogP contribution in [0.25, 0.3) is 0 Å². The Morgan fingerprint density at radius 2 is 1.04 bits per heavy atom. The number of rotatable bonds is 3. The first-order valence-corrected chi connectivity index (χ1v) is 7.72. The molecule has 1 radical (unpaired) electrons. The normalized spacial score (nSPS) is 12.5. The molecule has 1 heterocycles. The van der Waals surface area contributed by atoms with Gasteiger partial charge in [0.2, 0.25) is 0 Å². The fourth-order valence-electron chi connectivity index (χ4n) is 0.577. The van der Waals surface area contributed by atoms with E-state index < -0.39 is 0 Å². The molecule has 1 N–H and O–H groups in total. The van der Waals surface area contributed by atoms with E-state index in [2.05, 4.69) is 25.6 Å². The maximum atomic E-state index is 9.60. The van der Waals surface area contributed by atoms with Gasteiger partial charge in [-0.1, -0.05) is 19.1 Å². The number of hydrogen-bond donors (Lipinski definition) is 1. The van der Waals surface area contributed by atoms with E-state index in [9.17, 15) is 20.8 Å². The first kappa shape index (κ1) is 33.1. The zero-order chi connectivity index (χ0) is 21.7. The molecule has 163 valence electrons. The Kier molecular flexibility index (Phi) is 29.0. The SMILES string of the molecule is CC(=N\[O-])/C(C)=N/[O-].CC(=N\[O-])/C(C)=N/[O-].C[CH-][C@@H](C)O.[Co].c1ccncc1. The molecule has 0 bridgehead atoms. The van der Waals surface area contributed by atoms with Crippen LogP contribution in [0, 0.1) is 27.2 Å². The molecule has 0 amide bonds. The minimum atomic E-state index is -0.241. The third-order valence-corrected chi connectivity index (χ3v) is 2.64. The fourth-order valence-corrected chi connectivity index (χ4v) is 0.577. The van der Waals surface area contributed by atoms with Crippen LogP contribution in [0.4, 0.5) is 0 Å². The third-order valence-electron chi connectivity index (χ3n) is 2.64. The largest absolute Gasteiger partial charge is 0.792 e. The van der Waals surface area contributed by atoms with Crippen molar-refractivity contribution >= 4 is 22.8 Å². The topological polar surface area (TPSA) is 175 Å². The Morgan fingerprint density at radius 3 is 1.11 bits per heavy atom. The second-order valence-electron chi connectivity index (χ2n) is 4.81. The third kappa shape index (κ3) is 25.7. The summed E-state index contributed by atoms with van der Waals surface area (Å²) < 4.78 is 0. The summed E-state index contributed by atoms with van der Waals surface area (Å²) in [7, 11) is 0. The van der Waals surface area contributed by atoms with Crippen molar-refractivity contribution in [3.05, 3.63) is 57.8 Å². The number of hydrogen-bond acceptors (Lipinski definition) is 10. The molecule has 11 heteroatoms. The van der Waals surface area contributed by atoms with E-state index in [-0.39, 0.29) is 45.7 Å². The van der Waals surface area contributed by atoms with Gasteiger partial charge in [0, 0.05) is 52.0 Å². The molecule has 0 fully saturated rings. The van der Waals surface area contributed by atoms with Gasteiger partial charge in [0.1, 0.15) is 0 Å². The molecule has 1 atom stereocenters. The maximum absolute atomic E-state index is 9.60. The summed E-state index contributed by atoms with van der Waals surface area (Å²) in [6.45, 7) is 9.28. The maximum Gasteiger partial charge on any atom is 0.0465 e. The summed E-state index contributed by atoms with van der Waals surface area (Å²) in [5.74, 6) is 0. The van der Waals surface area contributed by atoms with Gasteiger partial charge in [-0.05, 0) is 39.8 Å². The van der Waals surface area contributed by atoms with Crippen LogP contribution in [0.15, 0.2) is 51.2 Å². The molecule has 0 spiro atoms. The Morgan fingerprint density at radius 1 is 0.786 bits per heavy atom. The van der Waals surface area contributed by atoms with Crippen molar-refractivity contribution in [2.45, 2.75) is 47.6 Å². The smallest absolute Gasteiger partial charge is 0.0465 e. The molecular formula is C17H26CoN5O5-5. The van der Waals surface area contributed by atoms with E-state index in [0.717, 1.165) is 0 Å². The van der Waals surface area contributed by atoms with Gasteiger partial charge in [0.15, 0.2) is 0 Å². The van der Waals surface area contributed by atoms with Crippen LogP contribution in [0.1, 0.15) is 41.5 Å². The number of nitrogens with zero attached hydrogens (tertiary/aromatic N) is 5. The summed E-state index contributed by atoms with van der Waals surface area (Å²) >= 11 is 0. The van der Waals surface area contributed by atoms with E-state index in [4.69, 9.17) is 5.11 Å². The van der Waals surface area contributed by atoms with Gasteiger partial charge in [-0.2, -0.15) is 6.92 Å².